The molecule has 0 radical (unpaired) electrons. The lowest BCUT2D eigenvalue weighted by Gasteiger charge is -2.05. The van der Waals surface area contributed by atoms with Crippen molar-refractivity contribution in [2.24, 2.45) is 0 Å². The number of hydrogen-bond donors (Lipinski definition) is 0. The highest BCUT2D eigenvalue weighted by molar-refractivity contribution is 5.66. The first-order chi connectivity index (χ1) is 5.75. The van der Waals surface area contributed by atoms with Gasteiger partial charge in [0.2, 0.25) is 0 Å². The van der Waals surface area contributed by atoms with Gasteiger partial charge in [0.1, 0.15) is 6.33 Å². The fraction of sp³-hybridized carbons (Fsp3) is 0.400. The van der Waals surface area contributed by atoms with Crippen molar-refractivity contribution in [1.82, 2.24) is 9.97 Å². The van der Waals surface area contributed by atoms with E-state index in [2.05, 4.69) is 30.7 Å². The Morgan fingerprint density at radius 2 is 1.83 bits per heavy atom. The minimum absolute atomic E-state index is 1.04. The van der Waals surface area contributed by atoms with E-state index in [0.717, 1.165) is 12.0 Å². The number of hydrogen-bond acceptors (Lipinski definition) is 2. The summed E-state index contributed by atoms with van der Waals surface area (Å²) in [5, 5.41) is 0. The maximum atomic E-state index is 3.99. The summed E-state index contributed by atoms with van der Waals surface area (Å²) >= 11 is 0. The van der Waals surface area contributed by atoms with Gasteiger partial charge in [0.25, 0.3) is 0 Å². The fourth-order valence-electron chi connectivity index (χ4n) is 1.30. The first kappa shape index (κ1) is 8.91. The van der Waals surface area contributed by atoms with Crippen LogP contribution in [0.3, 0.4) is 0 Å². The Bertz CT molecular complexity index is 271. The number of nitrogens with zero attached hydrogens (tertiary/aromatic N) is 2. The van der Waals surface area contributed by atoms with E-state index in [4.69, 9.17) is 0 Å². The second-order valence-corrected chi connectivity index (χ2v) is 2.96. The van der Waals surface area contributed by atoms with Gasteiger partial charge >= 0.3 is 0 Å². The Balaban J connectivity index is 3.05. The third kappa shape index (κ3) is 1.91. The van der Waals surface area contributed by atoms with Gasteiger partial charge in [-0.05, 0) is 25.8 Å². The molecule has 0 N–H and O–H groups in total. The van der Waals surface area contributed by atoms with Gasteiger partial charge in [0, 0.05) is 18.0 Å². The number of aromatic nitrogens is 2. The van der Waals surface area contributed by atoms with Crippen LogP contribution >= 0.6 is 0 Å². The molecule has 2 nitrogen and oxygen atoms in total. The lowest BCUT2D eigenvalue weighted by atomic mass is 10.0. The molecule has 0 spiro atoms. The van der Waals surface area contributed by atoms with E-state index in [1.165, 1.54) is 11.1 Å². The summed E-state index contributed by atoms with van der Waals surface area (Å²) in [7, 11) is 0. The minimum Gasteiger partial charge on any atom is -0.244 e. The Hall–Kier alpha value is -1.18. The van der Waals surface area contributed by atoms with Crippen molar-refractivity contribution in [1.29, 1.82) is 0 Å². The van der Waals surface area contributed by atoms with Gasteiger partial charge in [-0.15, -0.1) is 0 Å². The average Bonchev–Trinajstić information content (AvgIpc) is 2.07. The second kappa shape index (κ2) is 4.00. The molecule has 0 atom stereocenters. The van der Waals surface area contributed by atoms with Gasteiger partial charge in [0.05, 0.1) is 0 Å². The van der Waals surface area contributed by atoms with Gasteiger partial charge in [0.15, 0.2) is 0 Å². The van der Waals surface area contributed by atoms with Crippen molar-refractivity contribution < 1.29 is 0 Å². The summed E-state index contributed by atoms with van der Waals surface area (Å²) in [6.07, 6.45) is 6.31. The zero-order chi connectivity index (χ0) is 8.97. The first-order valence-corrected chi connectivity index (χ1v) is 4.17. The Morgan fingerprint density at radius 3 is 2.25 bits per heavy atom. The van der Waals surface area contributed by atoms with E-state index in [-0.39, 0.29) is 0 Å². The van der Waals surface area contributed by atoms with Crippen LogP contribution in [0.2, 0.25) is 0 Å². The average molecular weight is 162 g/mol. The molecule has 0 saturated heterocycles. The molecule has 0 bridgehead atoms. The first-order valence-electron chi connectivity index (χ1n) is 4.17. The summed E-state index contributed by atoms with van der Waals surface area (Å²) in [5.74, 6) is 0. The van der Waals surface area contributed by atoms with E-state index in [1.54, 1.807) is 6.33 Å². The maximum Gasteiger partial charge on any atom is 0.115 e. The van der Waals surface area contributed by atoms with Crippen molar-refractivity contribution in [3.63, 3.8) is 0 Å². The summed E-state index contributed by atoms with van der Waals surface area (Å²) in [6.45, 7) is 6.38. The van der Waals surface area contributed by atoms with Crippen molar-refractivity contribution in [2.75, 3.05) is 0 Å². The molecule has 2 heteroatoms. The molecule has 1 aromatic rings. The quantitative estimate of drug-likeness (QED) is 0.668. The highest BCUT2D eigenvalue weighted by Crippen LogP contribution is 2.19. The molecule has 1 rings (SSSR count). The van der Waals surface area contributed by atoms with Crippen LogP contribution in [0.4, 0.5) is 0 Å². The third-order valence-corrected chi connectivity index (χ3v) is 1.87. The van der Waals surface area contributed by atoms with Crippen LogP contribution < -0.4 is 0 Å². The SMILES string of the molecule is CCC(=C(C)C)c1cncnc1. The smallest absolute Gasteiger partial charge is 0.115 e. The predicted molar refractivity (Wildman–Crippen MR) is 50.6 cm³/mol. The molecule has 64 valence electrons. The Morgan fingerprint density at radius 1 is 1.25 bits per heavy atom. The molecular weight excluding hydrogens is 148 g/mol. The molecule has 0 aliphatic heterocycles. The van der Waals surface area contributed by atoms with Crippen LogP contribution in [0.1, 0.15) is 32.8 Å². The lowest BCUT2D eigenvalue weighted by Crippen LogP contribution is -1.88. The largest absolute Gasteiger partial charge is 0.244 e. The summed E-state index contributed by atoms with van der Waals surface area (Å²) in [4.78, 5) is 7.98. The van der Waals surface area contributed by atoms with Crippen LogP contribution in [0.5, 0.6) is 0 Å². The molecule has 1 heterocycles. The van der Waals surface area contributed by atoms with E-state index in [1.807, 2.05) is 12.4 Å². The van der Waals surface area contributed by atoms with Crippen LogP contribution in [0.15, 0.2) is 24.3 Å². The van der Waals surface area contributed by atoms with Crippen molar-refractivity contribution in [3.05, 3.63) is 29.9 Å². The van der Waals surface area contributed by atoms with Crippen molar-refractivity contribution in [3.8, 4) is 0 Å². The van der Waals surface area contributed by atoms with Gasteiger partial charge in [-0.25, -0.2) is 9.97 Å². The van der Waals surface area contributed by atoms with E-state index in [0.29, 0.717) is 0 Å². The zero-order valence-corrected chi connectivity index (χ0v) is 7.83. The molecule has 0 unspecified atom stereocenters. The minimum atomic E-state index is 1.04. The highest BCUT2D eigenvalue weighted by Gasteiger charge is 2.00. The monoisotopic (exact) mass is 162 g/mol. The number of allylic oxidation sites excluding steroid dienone is 2. The van der Waals surface area contributed by atoms with Crippen molar-refractivity contribution in [2.45, 2.75) is 27.2 Å². The van der Waals surface area contributed by atoms with Crippen LogP contribution in [-0.4, -0.2) is 9.97 Å². The number of rotatable bonds is 2. The molecule has 0 saturated carbocycles. The molecule has 0 amide bonds. The molecule has 1 aromatic heterocycles. The normalized spacial score (nSPS) is 9.58. The standard InChI is InChI=1S/C10H14N2/c1-4-10(8(2)3)9-5-11-7-12-6-9/h5-7H,4H2,1-3H3. The van der Waals surface area contributed by atoms with Gasteiger partial charge in [-0.3, -0.25) is 0 Å². The third-order valence-electron chi connectivity index (χ3n) is 1.87. The maximum absolute atomic E-state index is 3.99. The summed E-state index contributed by atoms with van der Waals surface area (Å²) < 4.78 is 0. The van der Waals surface area contributed by atoms with Crippen LogP contribution in [0, 0.1) is 0 Å². The Labute approximate surface area is 73.4 Å². The predicted octanol–water partition coefficient (Wildman–Crippen LogP) is 2.68. The molecule has 0 aromatic carbocycles. The topological polar surface area (TPSA) is 25.8 Å². The Kier molecular flexibility index (Phi) is 2.97. The van der Waals surface area contributed by atoms with Crippen LogP contribution in [-0.2, 0) is 0 Å². The zero-order valence-electron chi connectivity index (χ0n) is 7.83. The molecular formula is C10H14N2. The molecule has 0 fully saturated rings. The summed E-state index contributed by atoms with van der Waals surface area (Å²) in [6, 6.07) is 0. The molecule has 0 aliphatic rings. The van der Waals surface area contributed by atoms with Crippen molar-refractivity contribution >= 4 is 5.57 Å². The fourth-order valence-corrected chi connectivity index (χ4v) is 1.30. The van der Waals surface area contributed by atoms with E-state index < -0.39 is 0 Å². The van der Waals surface area contributed by atoms with Gasteiger partial charge in [-0.1, -0.05) is 12.5 Å². The summed E-state index contributed by atoms with van der Waals surface area (Å²) in [5.41, 5.74) is 3.82. The van der Waals surface area contributed by atoms with Gasteiger partial charge < -0.3 is 0 Å². The molecule has 0 aliphatic carbocycles. The van der Waals surface area contributed by atoms with E-state index >= 15 is 0 Å². The second-order valence-electron chi connectivity index (χ2n) is 2.96. The molecule has 12 heavy (non-hydrogen) atoms. The highest BCUT2D eigenvalue weighted by atomic mass is 14.8. The van der Waals surface area contributed by atoms with Crippen LogP contribution in [0.25, 0.3) is 5.57 Å². The van der Waals surface area contributed by atoms with E-state index in [9.17, 15) is 0 Å². The lowest BCUT2D eigenvalue weighted by molar-refractivity contribution is 1.12. The van der Waals surface area contributed by atoms with Gasteiger partial charge in [-0.2, -0.15) is 0 Å².